The van der Waals surface area contributed by atoms with Crippen LogP contribution in [-0.4, -0.2) is 31.7 Å². The number of amides is 1. The Kier molecular flexibility index (Phi) is 6.43. The zero-order valence-corrected chi connectivity index (χ0v) is 17.6. The van der Waals surface area contributed by atoms with E-state index in [2.05, 4.69) is 5.32 Å². The van der Waals surface area contributed by atoms with Gasteiger partial charge in [0.1, 0.15) is 0 Å². The molecule has 2 atom stereocenters. The fourth-order valence-corrected chi connectivity index (χ4v) is 5.26. The Bertz CT molecular complexity index is 944. The lowest BCUT2D eigenvalue weighted by molar-refractivity contribution is -0.126. The first kappa shape index (κ1) is 20.8. The molecular weight excluding hydrogens is 396 g/mol. The predicted molar refractivity (Wildman–Crippen MR) is 111 cm³/mol. The number of carbonyl (C=O) groups excluding carboxylic acids is 1. The number of benzene rings is 2. The number of piperidine rings is 1. The van der Waals surface area contributed by atoms with Gasteiger partial charge in [0.25, 0.3) is 0 Å². The van der Waals surface area contributed by atoms with E-state index in [1.165, 1.54) is 16.4 Å². The summed E-state index contributed by atoms with van der Waals surface area (Å²) in [5.74, 6) is -0.464. The molecule has 0 bridgehead atoms. The van der Waals surface area contributed by atoms with E-state index in [9.17, 15) is 13.2 Å². The number of hydrogen-bond acceptors (Lipinski definition) is 3. The highest BCUT2D eigenvalue weighted by molar-refractivity contribution is 7.89. The van der Waals surface area contributed by atoms with Crippen LogP contribution in [0, 0.1) is 12.8 Å². The monoisotopic (exact) mass is 420 g/mol. The number of halogens is 1. The van der Waals surface area contributed by atoms with Crippen molar-refractivity contribution in [2.75, 3.05) is 13.1 Å². The third-order valence-corrected chi connectivity index (χ3v) is 7.35. The minimum absolute atomic E-state index is 0.105. The summed E-state index contributed by atoms with van der Waals surface area (Å²) in [4.78, 5) is 13.0. The van der Waals surface area contributed by atoms with Crippen molar-refractivity contribution in [2.24, 2.45) is 5.92 Å². The van der Waals surface area contributed by atoms with Crippen LogP contribution < -0.4 is 5.32 Å². The largest absolute Gasteiger partial charge is 0.349 e. The Labute approximate surface area is 171 Å². The van der Waals surface area contributed by atoms with Gasteiger partial charge >= 0.3 is 0 Å². The van der Waals surface area contributed by atoms with Crippen molar-refractivity contribution in [1.82, 2.24) is 9.62 Å². The summed E-state index contributed by atoms with van der Waals surface area (Å²) >= 11 is 5.86. The Hall–Kier alpha value is -1.89. The molecule has 3 rings (SSSR count). The molecule has 0 unspecified atom stereocenters. The number of aryl methyl sites for hydroxylation is 1. The molecule has 0 aliphatic carbocycles. The Balaban J connectivity index is 1.69. The van der Waals surface area contributed by atoms with E-state index >= 15 is 0 Å². The summed E-state index contributed by atoms with van der Waals surface area (Å²) in [6, 6.07) is 13.9. The third kappa shape index (κ3) is 4.57. The molecule has 1 saturated heterocycles. The Morgan fingerprint density at radius 3 is 2.54 bits per heavy atom. The lowest BCUT2D eigenvalue weighted by Crippen LogP contribution is -2.45. The first-order valence-corrected chi connectivity index (χ1v) is 11.2. The molecule has 0 saturated carbocycles. The molecular formula is C21H25ClN2O3S. The van der Waals surface area contributed by atoms with E-state index in [4.69, 9.17) is 11.6 Å². The van der Waals surface area contributed by atoms with Crippen LogP contribution in [-0.2, 0) is 14.8 Å². The van der Waals surface area contributed by atoms with Gasteiger partial charge in [-0.1, -0.05) is 35.9 Å². The Morgan fingerprint density at radius 1 is 1.18 bits per heavy atom. The molecule has 5 nitrogen and oxygen atoms in total. The van der Waals surface area contributed by atoms with Gasteiger partial charge in [0.05, 0.1) is 16.9 Å². The van der Waals surface area contributed by atoms with Gasteiger partial charge in [-0.2, -0.15) is 4.31 Å². The van der Waals surface area contributed by atoms with Crippen LogP contribution >= 0.6 is 11.6 Å². The lowest BCUT2D eigenvalue weighted by Gasteiger charge is -2.32. The fourth-order valence-electron chi connectivity index (χ4n) is 3.61. The molecule has 150 valence electrons. The molecule has 2 aromatic carbocycles. The SMILES string of the molecule is Cc1ccccc1[C@@H](C)NC(=O)[C@H]1CCCN(S(=O)(=O)c2ccc(Cl)cc2)C1. The van der Waals surface area contributed by atoms with Crippen molar-refractivity contribution in [1.29, 1.82) is 0 Å². The molecule has 0 spiro atoms. The number of hydrogen-bond donors (Lipinski definition) is 1. The van der Waals surface area contributed by atoms with Gasteiger partial charge in [-0.3, -0.25) is 4.79 Å². The number of sulfonamides is 1. The quantitative estimate of drug-likeness (QED) is 0.796. The van der Waals surface area contributed by atoms with Crippen molar-refractivity contribution in [3.8, 4) is 0 Å². The van der Waals surface area contributed by atoms with Gasteiger partial charge in [-0.25, -0.2) is 8.42 Å². The summed E-state index contributed by atoms with van der Waals surface area (Å²) in [7, 11) is -3.64. The first-order chi connectivity index (χ1) is 13.3. The summed E-state index contributed by atoms with van der Waals surface area (Å²) in [5, 5.41) is 3.53. The second-order valence-electron chi connectivity index (χ2n) is 7.24. The summed E-state index contributed by atoms with van der Waals surface area (Å²) < 4.78 is 27.2. The predicted octanol–water partition coefficient (Wildman–Crippen LogP) is 3.93. The van der Waals surface area contributed by atoms with Crippen molar-refractivity contribution in [3.05, 3.63) is 64.7 Å². The summed E-state index contributed by atoms with van der Waals surface area (Å²) in [6.45, 7) is 4.57. The molecule has 0 aromatic heterocycles. The van der Waals surface area contributed by atoms with Gasteiger partial charge in [-0.05, 0) is 62.1 Å². The van der Waals surface area contributed by atoms with Crippen molar-refractivity contribution in [2.45, 2.75) is 37.6 Å². The zero-order chi connectivity index (χ0) is 20.3. The van der Waals surface area contributed by atoms with Gasteiger partial charge in [-0.15, -0.1) is 0 Å². The van der Waals surface area contributed by atoms with E-state index in [-0.39, 0.29) is 29.3 Å². The maximum Gasteiger partial charge on any atom is 0.243 e. The Morgan fingerprint density at radius 2 is 1.86 bits per heavy atom. The van der Waals surface area contributed by atoms with E-state index in [1.54, 1.807) is 12.1 Å². The highest BCUT2D eigenvalue weighted by Crippen LogP contribution is 2.26. The van der Waals surface area contributed by atoms with Crippen molar-refractivity contribution in [3.63, 3.8) is 0 Å². The minimum Gasteiger partial charge on any atom is -0.349 e. The van der Waals surface area contributed by atoms with E-state index < -0.39 is 10.0 Å². The smallest absolute Gasteiger partial charge is 0.243 e. The average Bonchev–Trinajstić information content (AvgIpc) is 2.68. The van der Waals surface area contributed by atoms with Gasteiger partial charge in [0.2, 0.25) is 15.9 Å². The van der Waals surface area contributed by atoms with Crippen LogP contribution in [0.15, 0.2) is 53.4 Å². The normalized spacial score (nSPS) is 19.2. The summed E-state index contributed by atoms with van der Waals surface area (Å²) in [5.41, 5.74) is 2.18. The zero-order valence-electron chi connectivity index (χ0n) is 16.1. The molecule has 0 radical (unpaired) electrons. The first-order valence-electron chi connectivity index (χ1n) is 9.40. The molecule has 28 heavy (non-hydrogen) atoms. The molecule has 2 aromatic rings. The minimum atomic E-state index is -3.64. The standard InChI is InChI=1S/C21H25ClN2O3S/c1-15-6-3-4-8-20(15)16(2)23-21(25)17-7-5-13-24(14-17)28(26,27)19-11-9-18(22)10-12-19/h3-4,6,8-12,16-17H,5,7,13-14H2,1-2H3,(H,23,25)/t16-,17+/m1/s1. The molecule has 1 fully saturated rings. The molecule has 1 amide bonds. The topological polar surface area (TPSA) is 66.5 Å². The molecule has 1 aliphatic rings. The lowest BCUT2D eigenvalue weighted by atomic mass is 9.97. The van der Waals surface area contributed by atoms with Gasteiger partial charge in [0, 0.05) is 18.1 Å². The summed E-state index contributed by atoms with van der Waals surface area (Å²) in [6.07, 6.45) is 1.34. The molecule has 1 N–H and O–H groups in total. The van der Waals surface area contributed by atoms with Crippen molar-refractivity contribution < 1.29 is 13.2 Å². The van der Waals surface area contributed by atoms with E-state index in [0.29, 0.717) is 24.4 Å². The second-order valence-corrected chi connectivity index (χ2v) is 9.62. The average molecular weight is 421 g/mol. The second kappa shape index (κ2) is 8.64. The highest BCUT2D eigenvalue weighted by Gasteiger charge is 2.33. The third-order valence-electron chi connectivity index (χ3n) is 5.22. The highest BCUT2D eigenvalue weighted by atomic mass is 35.5. The molecule has 1 heterocycles. The van der Waals surface area contributed by atoms with Crippen LogP contribution in [0.25, 0.3) is 0 Å². The van der Waals surface area contributed by atoms with E-state index in [1.807, 2.05) is 38.1 Å². The van der Waals surface area contributed by atoms with E-state index in [0.717, 1.165) is 11.1 Å². The van der Waals surface area contributed by atoms with Crippen LogP contribution in [0.2, 0.25) is 5.02 Å². The number of nitrogens with zero attached hydrogens (tertiary/aromatic N) is 1. The molecule has 1 aliphatic heterocycles. The van der Waals surface area contributed by atoms with Crippen LogP contribution in [0.3, 0.4) is 0 Å². The van der Waals surface area contributed by atoms with Crippen LogP contribution in [0.1, 0.15) is 36.9 Å². The number of rotatable bonds is 5. The van der Waals surface area contributed by atoms with Crippen LogP contribution in [0.4, 0.5) is 0 Å². The maximum absolute atomic E-state index is 12.9. The maximum atomic E-state index is 12.9. The van der Waals surface area contributed by atoms with Crippen molar-refractivity contribution >= 4 is 27.5 Å². The van der Waals surface area contributed by atoms with Crippen LogP contribution in [0.5, 0.6) is 0 Å². The number of carbonyl (C=O) groups is 1. The molecule has 7 heteroatoms. The van der Waals surface area contributed by atoms with Gasteiger partial charge < -0.3 is 5.32 Å². The fraction of sp³-hybridized carbons (Fsp3) is 0.381. The number of nitrogens with one attached hydrogen (secondary N) is 1. The van der Waals surface area contributed by atoms with Gasteiger partial charge in [0.15, 0.2) is 0 Å².